The zero-order chi connectivity index (χ0) is 27.3. The maximum atomic E-state index is 13.4. The smallest absolute Gasteiger partial charge is 0.331 e. The quantitative estimate of drug-likeness (QED) is 0.380. The van der Waals surface area contributed by atoms with Crippen LogP contribution in [0.3, 0.4) is 0 Å². The van der Waals surface area contributed by atoms with Crippen LogP contribution in [0.4, 0.5) is 21.9 Å². The third-order valence-corrected chi connectivity index (χ3v) is 8.37. The highest BCUT2D eigenvalue weighted by Gasteiger charge is 2.35. The first-order chi connectivity index (χ1) is 18.8. The number of urea groups is 1. The summed E-state index contributed by atoms with van der Waals surface area (Å²) < 4.78 is 5.98. The number of nitrogens with zero attached hydrogens (tertiary/aromatic N) is 3. The standard InChI is InChI=1S/C28H24ClN5O4S/c1-3-22(35)33-12-10-16(14-33)31-26(36)25-24-23-20(9-11-30-27(23)39-25)34(28(37)32-24)19-8-7-17(13-18(19)29)38-21-6-4-5-15(21)2/h3-9,11,13,15-16H,1,10,12,14H2,2H3,(H,31,36)(H,32,37). The van der Waals surface area contributed by atoms with E-state index >= 15 is 0 Å². The molecule has 11 heteroatoms. The molecule has 0 radical (unpaired) electrons. The molecule has 39 heavy (non-hydrogen) atoms. The highest BCUT2D eigenvalue weighted by atomic mass is 35.5. The molecule has 2 unspecified atom stereocenters. The molecule has 2 atom stereocenters. The number of pyridine rings is 1. The Morgan fingerprint density at radius 2 is 2.15 bits per heavy atom. The van der Waals surface area contributed by atoms with Crippen LogP contribution in [0.5, 0.6) is 5.75 Å². The van der Waals surface area contributed by atoms with Crippen molar-refractivity contribution < 1.29 is 19.1 Å². The molecule has 3 aliphatic rings. The van der Waals surface area contributed by atoms with Gasteiger partial charge in [-0.25, -0.2) is 9.78 Å². The van der Waals surface area contributed by atoms with Gasteiger partial charge in [-0.3, -0.25) is 14.5 Å². The molecule has 3 aromatic rings. The first-order valence-electron chi connectivity index (χ1n) is 12.4. The number of nitrogens with one attached hydrogen (secondary N) is 2. The van der Waals surface area contributed by atoms with Gasteiger partial charge in [0, 0.05) is 37.3 Å². The number of amides is 4. The summed E-state index contributed by atoms with van der Waals surface area (Å²) >= 11 is 7.86. The number of benzene rings is 1. The van der Waals surface area contributed by atoms with Crippen molar-refractivity contribution in [2.75, 3.05) is 23.3 Å². The monoisotopic (exact) mass is 561 g/mol. The third kappa shape index (κ3) is 4.45. The van der Waals surface area contributed by atoms with Crippen LogP contribution in [0.2, 0.25) is 5.02 Å². The zero-order valence-electron chi connectivity index (χ0n) is 20.9. The lowest BCUT2D eigenvalue weighted by Gasteiger charge is -2.29. The molecule has 1 saturated heterocycles. The minimum Gasteiger partial charge on any atom is -0.461 e. The molecule has 1 aromatic carbocycles. The Morgan fingerprint density at radius 3 is 2.90 bits per heavy atom. The van der Waals surface area contributed by atoms with Crippen molar-refractivity contribution in [1.82, 2.24) is 15.2 Å². The Morgan fingerprint density at radius 1 is 1.31 bits per heavy atom. The fourth-order valence-electron chi connectivity index (χ4n) is 5.00. The van der Waals surface area contributed by atoms with Crippen molar-refractivity contribution in [2.24, 2.45) is 5.92 Å². The molecule has 6 rings (SSSR count). The average molecular weight is 562 g/mol. The Balaban J connectivity index is 1.29. The lowest BCUT2D eigenvalue weighted by atomic mass is 10.1. The van der Waals surface area contributed by atoms with E-state index < -0.39 is 6.03 Å². The van der Waals surface area contributed by atoms with Crippen LogP contribution >= 0.6 is 22.9 Å². The molecule has 9 nitrogen and oxygen atoms in total. The van der Waals surface area contributed by atoms with Crippen LogP contribution in [0, 0.1) is 5.92 Å². The fourth-order valence-corrected chi connectivity index (χ4v) is 6.28. The predicted octanol–water partition coefficient (Wildman–Crippen LogP) is 5.62. The van der Waals surface area contributed by atoms with Gasteiger partial charge in [0.2, 0.25) is 5.91 Å². The SMILES string of the molecule is C=CC(=O)N1CCC(NC(=O)c2sc3nccc4c3c2NC(=O)N4c2ccc(OC3=CC=CC3C)cc2Cl)C1. The van der Waals surface area contributed by atoms with Gasteiger partial charge in [-0.15, -0.1) is 11.3 Å². The van der Waals surface area contributed by atoms with Crippen molar-refractivity contribution in [2.45, 2.75) is 19.4 Å². The van der Waals surface area contributed by atoms with Crippen molar-refractivity contribution in [3.63, 3.8) is 0 Å². The second kappa shape index (κ2) is 9.87. The molecular weight excluding hydrogens is 538 g/mol. The molecule has 1 aliphatic carbocycles. The number of anilines is 3. The summed E-state index contributed by atoms with van der Waals surface area (Å²) in [4.78, 5) is 47.2. The number of aromatic nitrogens is 1. The van der Waals surface area contributed by atoms with Gasteiger partial charge in [0.15, 0.2) is 0 Å². The number of thiophene rings is 1. The average Bonchev–Trinajstić information content (AvgIpc) is 3.65. The molecule has 198 valence electrons. The summed E-state index contributed by atoms with van der Waals surface area (Å²) in [6, 6.07) is 6.27. The van der Waals surface area contributed by atoms with E-state index in [2.05, 4.69) is 22.2 Å². The summed E-state index contributed by atoms with van der Waals surface area (Å²) in [5.41, 5.74) is 1.46. The van der Waals surface area contributed by atoms with Gasteiger partial charge >= 0.3 is 6.03 Å². The van der Waals surface area contributed by atoms with Gasteiger partial charge in [0.25, 0.3) is 5.91 Å². The van der Waals surface area contributed by atoms with E-state index in [0.29, 0.717) is 62.4 Å². The summed E-state index contributed by atoms with van der Waals surface area (Å²) in [7, 11) is 0. The Labute approximate surface area is 233 Å². The first-order valence-corrected chi connectivity index (χ1v) is 13.6. The van der Waals surface area contributed by atoms with Crippen molar-refractivity contribution in [1.29, 1.82) is 0 Å². The minimum atomic E-state index is -0.446. The molecule has 2 aliphatic heterocycles. The lowest BCUT2D eigenvalue weighted by Crippen LogP contribution is -2.39. The number of halogens is 1. The second-order valence-electron chi connectivity index (χ2n) is 9.49. The normalized spacial score (nSPS) is 19.7. The fraction of sp³-hybridized carbons (Fsp3) is 0.214. The molecular formula is C28H24ClN5O4S. The highest BCUT2D eigenvalue weighted by Crippen LogP contribution is 2.47. The molecule has 2 aromatic heterocycles. The van der Waals surface area contributed by atoms with Gasteiger partial charge < -0.3 is 20.3 Å². The van der Waals surface area contributed by atoms with Gasteiger partial charge in [0.05, 0.1) is 27.5 Å². The summed E-state index contributed by atoms with van der Waals surface area (Å²) in [5, 5.41) is 6.87. The number of hydrogen-bond acceptors (Lipinski definition) is 6. The molecule has 2 N–H and O–H groups in total. The summed E-state index contributed by atoms with van der Waals surface area (Å²) in [5.74, 6) is 1.07. The Kier molecular flexibility index (Phi) is 6.36. The molecule has 4 heterocycles. The van der Waals surface area contributed by atoms with E-state index in [0.717, 1.165) is 5.76 Å². The predicted molar refractivity (Wildman–Crippen MR) is 152 cm³/mol. The number of carbonyl (C=O) groups excluding carboxylic acids is 3. The van der Waals surface area contributed by atoms with Crippen LogP contribution in [0.25, 0.3) is 10.2 Å². The topological polar surface area (TPSA) is 104 Å². The van der Waals surface area contributed by atoms with Crippen LogP contribution in [0.1, 0.15) is 23.0 Å². The largest absolute Gasteiger partial charge is 0.461 e. The molecule has 0 saturated carbocycles. The summed E-state index contributed by atoms with van der Waals surface area (Å²) in [6.45, 7) is 6.51. The first kappa shape index (κ1) is 25.1. The Bertz CT molecular complexity index is 1610. The van der Waals surface area contributed by atoms with E-state index in [1.807, 2.05) is 25.2 Å². The Hall–Kier alpha value is -4.15. The van der Waals surface area contributed by atoms with Crippen LogP contribution in [-0.2, 0) is 4.79 Å². The highest BCUT2D eigenvalue weighted by molar-refractivity contribution is 7.21. The van der Waals surface area contributed by atoms with E-state index in [1.165, 1.54) is 22.3 Å². The van der Waals surface area contributed by atoms with Gasteiger partial charge in [-0.05, 0) is 36.8 Å². The number of allylic oxidation sites excluding steroid dienone is 3. The third-order valence-electron chi connectivity index (χ3n) is 6.97. The van der Waals surface area contributed by atoms with Crippen molar-refractivity contribution in [3.05, 3.63) is 77.0 Å². The number of carbonyl (C=O) groups is 3. The zero-order valence-corrected chi connectivity index (χ0v) is 22.5. The molecule has 0 bridgehead atoms. The lowest BCUT2D eigenvalue weighted by molar-refractivity contribution is -0.125. The van der Waals surface area contributed by atoms with Crippen molar-refractivity contribution >= 4 is 68.1 Å². The number of likely N-dealkylation sites (tertiary alicyclic amines) is 1. The molecule has 1 fully saturated rings. The maximum absolute atomic E-state index is 13.4. The minimum absolute atomic E-state index is 0.162. The van der Waals surface area contributed by atoms with E-state index in [9.17, 15) is 14.4 Å². The summed E-state index contributed by atoms with van der Waals surface area (Å²) in [6.07, 6.45) is 9.41. The van der Waals surface area contributed by atoms with E-state index in [-0.39, 0.29) is 23.8 Å². The van der Waals surface area contributed by atoms with Gasteiger partial charge in [-0.1, -0.05) is 37.3 Å². The van der Waals surface area contributed by atoms with Crippen molar-refractivity contribution in [3.8, 4) is 5.75 Å². The second-order valence-corrected chi connectivity index (χ2v) is 10.9. The molecule has 0 spiro atoms. The van der Waals surface area contributed by atoms with Crippen LogP contribution in [-0.4, -0.2) is 46.9 Å². The molecule has 4 amide bonds. The van der Waals surface area contributed by atoms with E-state index in [1.54, 1.807) is 35.4 Å². The van der Waals surface area contributed by atoms with E-state index in [4.69, 9.17) is 16.3 Å². The number of rotatable bonds is 6. The number of hydrogen-bond donors (Lipinski definition) is 2. The van der Waals surface area contributed by atoms with Crippen LogP contribution in [0.15, 0.2) is 67.1 Å². The maximum Gasteiger partial charge on any atom is 0.331 e. The van der Waals surface area contributed by atoms with Gasteiger partial charge in [0.1, 0.15) is 21.2 Å². The van der Waals surface area contributed by atoms with Gasteiger partial charge in [-0.2, -0.15) is 0 Å². The number of ether oxygens (including phenoxy) is 1. The van der Waals surface area contributed by atoms with Crippen LogP contribution < -0.4 is 20.3 Å².